The normalized spacial score (nSPS) is 11.1. The van der Waals surface area contributed by atoms with Crippen LogP contribution in [0.15, 0.2) is 48.5 Å². The number of rotatable bonds is 0. The Bertz CT molecular complexity index is 758. The van der Waals surface area contributed by atoms with Gasteiger partial charge in [-0.05, 0) is 58.1 Å². The van der Waals surface area contributed by atoms with Gasteiger partial charge in [0.1, 0.15) is 0 Å². The Balaban J connectivity index is 2.20. The Kier molecular flexibility index (Phi) is 5.21. The zero-order chi connectivity index (χ0) is 17.8. The van der Waals surface area contributed by atoms with E-state index in [1.807, 2.05) is 12.1 Å². The van der Waals surface area contributed by atoms with Gasteiger partial charge in [-0.1, -0.05) is 77.6 Å². The SMILES string of the molecule is CC(C)(C)c1cccc(C#CC#Cc2cccc(C(C)(C)C)c2)c1. The molecule has 0 fully saturated rings. The summed E-state index contributed by atoms with van der Waals surface area (Å²) in [4.78, 5) is 0. The second kappa shape index (κ2) is 6.98. The van der Waals surface area contributed by atoms with Crippen molar-refractivity contribution in [2.75, 3.05) is 0 Å². The summed E-state index contributed by atoms with van der Waals surface area (Å²) in [5.74, 6) is 12.2. The van der Waals surface area contributed by atoms with Crippen LogP contribution in [0.5, 0.6) is 0 Å². The van der Waals surface area contributed by atoms with E-state index in [0.29, 0.717) is 0 Å². The maximum Gasteiger partial charge on any atom is 0.0258 e. The molecule has 0 unspecified atom stereocenters. The summed E-state index contributed by atoms with van der Waals surface area (Å²) in [5.41, 5.74) is 4.88. The van der Waals surface area contributed by atoms with Gasteiger partial charge in [-0.15, -0.1) is 0 Å². The summed E-state index contributed by atoms with van der Waals surface area (Å²) in [5, 5.41) is 0. The van der Waals surface area contributed by atoms with E-state index in [1.165, 1.54) is 11.1 Å². The molecule has 0 saturated carbocycles. The van der Waals surface area contributed by atoms with Gasteiger partial charge in [0.05, 0.1) is 0 Å². The highest BCUT2D eigenvalue weighted by molar-refractivity contribution is 5.47. The third kappa shape index (κ3) is 5.04. The summed E-state index contributed by atoms with van der Waals surface area (Å²) in [7, 11) is 0. The first kappa shape index (κ1) is 17.9. The highest BCUT2D eigenvalue weighted by Crippen LogP contribution is 2.23. The van der Waals surface area contributed by atoms with Crippen LogP contribution < -0.4 is 0 Å². The largest absolute Gasteiger partial charge is 0.0607 e. The van der Waals surface area contributed by atoms with Gasteiger partial charge in [-0.25, -0.2) is 0 Å². The minimum atomic E-state index is 0.136. The van der Waals surface area contributed by atoms with Crippen LogP contribution in [-0.4, -0.2) is 0 Å². The number of hydrogen-bond donors (Lipinski definition) is 0. The lowest BCUT2D eigenvalue weighted by Gasteiger charge is -2.18. The highest BCUT2D eigenvalue weighted by Gasteiger charge is 2.13. The second-order valence-corrected chi connectivity index (χ2v) is 8.16. The summed E-state index contributed by atoms with van der Waals surface area (Å²) in [6.45, 7) is 13.3. The molecule has 0 spiro atoms. The lowest BCUT2D eigenvalue weighted by Crippen LogP contribution is -2.10. The molecule has 0 heterocycles. The molecule has 0 heteroatoms. The lowest BCUT2D eigenvalue weighted by molar-refractivity contribution is 0.590. The summed E-state index contributed by atoms with van der Waals surface area (Å²) >= 11 is 0. The van der Waals surface area contributed by atoms with Crippen LogP contribution in [-0.2, 0) is 10.8 Å². The third-order valence-electron chi connectivity index (χ3n) is 3.93. The van der Waals surface area contributed by atoms with Gasteiger partial charge in [-0.2, -0.15) is 0 Å². The molecule has 0 aromatic heterocycles. The molecular formula is C24H26. The van der Waals surface area contributed by atoms with Gasteiger partial charge in [0.2, 0.25) is 0 Å². The van der Waals surface area contributed by atoms with Gasteiger partial charge < -0.3 is 0 Å². The molecule has 2 aromatic rings. The Morgan fingerprint density at radius 2 is 0.958 bits per heavy atom. The molecule has 122 valence electrons. The first-order valence-corrected chi connectivity index (χ1v) is 8.39. The van der Waals surface area contributed by atoms with Crippen molar-refractivity contribution in [1.29, 1.82) is 0 Å². The number of benzene rings is 2. The van der Waals surface area contributed by atoms with Crippen molar-refractivity contribution in [2.45, 2.75) is 52.4 Å². The third-order valence-corrected chi connectivity index (χ3v) is 3.93. The van der Waals surface area contributed by atoms with Crippen LogP contribution in [0.4, 0.5) is 0 Å². The van der Waals surface area contributed by atoms with Crippen LogP contribution in [0.3, 0.4) is 0 Å². The van der Waals surface area contributed by atoms with Gasteiger partial charge >= 0.3 is 0 Å². The van der Waals surface area contributed by atoms with E-state index in [-0.39, 0.29) is 10.8 Å². The van der Waals surface area contributed by atoms with Crippen LogP contribution in [0.2, 0.25) is 0 Å². The Morgan fingerprint density at radius 3 is 1.29 bits per heavy atom. The maximum absolute atomic E-state index is 3.15. The van der Waals surface area contributed by atoms with Crippen LogP contribution >= 0.6 is 0 Å². The molecule has 0 N–H and O–H groups in total. The topological polar surface area (TPSA) is 0 Å². The molecule has 0 aliphatic rings. The molecule has 0 amide bonds. The molecule has 2 aromatic carbocycles. The molecule has 0 nitrogen and oxygen atoms in total. The Labute approximate surface area is 147 Å². The monoisotopic (exact) mass is 314 g/mol. The fourth-order valence-corrected chi connectivity index (χ4v) is 2.33. The smallest absolute Gasteiger partial charge is 0.0258 e. The maximum atomic E-state index is 3.15. The van der Waals surface area contributed by atoms with Gasteiger partial charge in [0.25, 0.3) is 0 Å². The predicted molar refractivity (Wildman–Crippen MR) is 104 cm³/mol. The summed E-state index contributed by atoms with van der Waals surface area (Å²) in [6.07, 6.45) is 0. The molecule has 0 radical (unpaired) electrons. The van der Waals surface area contributed by atoms with Crippen LogP contribution in [0, 0.1) is 23.7 Å². The zero-order valence-corrected chi connectivity index (χ0v) is 15.6. The van der Waals surface area contributed by atoms with Crippen LogP contribution in [0.25, 0.3) is 0 Å². The van der Waals surface area contributed by atoms with E-state index in [4.69, 9.17) is 0 Å². The van der Waals surface area contributed by atoms with E-state index in [2.05, 4.69) is 102 Å². The molecule has 2 rings (SSSR count). The average Bonchev–Trinajstić information content (AvgIpc) is 2.51. The molecule has 24 heavy (non-hydrogen) atoms. The summed E-state index contributed by atoms with van der Waals surface area (Å²) < 4.78 is 0. The predicted octanol–water partition coefficient (Wildman–Crippen LogP) is 5.68. The van der Waals surface area contributed by atoms with Crippen molar-refractivity contribution in [2.24, 2.45) is 0 Å². The molecule has 0 aliphatic carbocycles. The quantitative estimate of drug-likeness (QED) is 0.548. The standard InChI is InChI=1S/C24H26/c1-23(2,3)21-15-9-13-19(17-21)11-7-8-12-20-14-10-16-22(18-20)24(4,5)6/h9-10,13-18H,1-6H3. The molecular weight excluding hydrogens is 288 g/mol. The molecule has 0 aliphatic heterocycles. The fourth-order valence-electron chi connectivity index (χ4n) is 2.33. The van der Waals surface area contributed by atoms with Crippen LogP contribution in [0.1, 0.15) is 63.8 Å². The molecule has 0 saturated heterocycles. The summed E-state index contributed by atoms with van der Waals surface area (Å²) in [6, 6.07) is 16.8. The van der Waals surface area contributed by atoms with Crippen molar-refractivity contribution < 1.29 is 0 Å². The second-order valence-electron chi connectivity index (χ2n) is 8.16. The molecule has 0 atom stereocenters. The Hall–Kier alpha value is -2.44. The Morgan fingerprint density at radius 1 is 0.583 bits per heavy atom. The minimum Gasteiger partial charge on any atom is -0.0607 e. The van der Waals surface area contributed by atoms with Crippen molar-refractivity contribution >= 4 is 0 Å². The van der Waals surface area contributed by atoms with Gasteiger partial charge in [0, 0.05) is 11.1 Å². The number of hydrogen-bond acceptors (Lipinski definition) is 0. The lowest BCUT2D eigenvalue weighted by atomic mass is 9.86. The van der Waals surface area contributed by atoms with E-state index in [1.54, 1.807) is 0 Å². The zero-order valence-electron chi connectivity index (χ0n) is 15.6. The van der Waals surface area contributed by atoms with Crippen molar-refractivity contribution in [1.82, 2.24) is 0 Å². The van der Waals surface area contributed by atoms with Gasteiger partial charge in [0.15, 0.2) is 0 Å². The van der Waals surface area contributed by atoms with Crippen molar-refractivity contribution in [3.63, 3.8) is 0 Å². The van der Waals surface area contributed by atoms with E-state index < -0.39 is 0 Å². The minimum absolute atomic E-state index is 0.136. The fraction of sp³-hybridized carbons (Fsp3) is 0.333. The molecule has 0 bridgehead atoms. The average molecular weight is 314 g/mol. The van der Waals surface area contributed by atoms with Crippen molar-refractivity contribution in [3.05, 3.63) is 70.8 Å². The van der Waals surface area contributed by atoms with Gasteiger partial charge in [-0.3, -0.25) is 0 Å². The first-order valence-electron chi connectivity index (χ1n) is 8.39. The van der Waals surface area contributed by atoms with E-state index in [0.717, 1.165) is 11.1 Å². The van der Waals surface area contributed by atoms with E-state index in [9.17, 15) is 0 Å². The highest BCUT2D eigenvalue weighted by atomic mass is 14.2. The van der Waals surface area contributed by atoms with E-state index >= 15 is 0 Å². The first-order chi connectivity index (χ1) is 11.2. The van der Waals surface area contributed by atoms with Crippen molar-refractivity contribution in [3.8, 4) is 23.7 Å².